The van der Waals surface area contributed by atoms with Crippen LogP contribution in [-0.4, -0.2) is 28.5 Å². The Hall–Kier alpha value is -2.63. The van der Waals surface area contributed by atoms with Crippen LogP contribution in [0.25, 0.3) is 0 Å². The summed E-state index contributed by atoms with van der Waals surface area (Å²) >= 11 is 0. The zero-order valence-corrected chi connectivity index (χ0v) is 20.8. The zero-order chi connectivity index (χ0) is 24.5. The second-order valence-corrected chi connectivity index (χ2v) is 10.5. The van der Waals surface area contributed by atoms with E-state index in [2.05, 4.69) is 16.4 Å². The number of unbranched alkanes of at least 4 members (excludes halogenated alkanes) is 1. The van der Waals surface area contributed by atoms with E-state index >= 15 is 0 Å². The number of oxazole rings is 1. The summed E-state index contributed by atoms with van der Waals surface area (Å²) in [7, 11) is 0. The van der Waals surface area contributed by atoms with Crippen LogP contribution in [0.3, 0.4) is 0 Å². The number of benzene rings is 1. The van der Waals surface area contributed by atoms with E-state index in [0.29, 0.717) is 30.5 Å². The molecule has 0 spiro atoms. The maximum Gasteiger partial charge on any atom is 0.303 e. The Labute approximate surface area is 208 Å². The number of carboxylic acid groups (broad SMARTS) is 1. The molecule has 0 saturated heterocycles. The average molecular weight is 481 g/mol. The van der Waals surface area contributed by atoms with Gasteiger partial charge in [-0.1, -0.05) is 75.6 Å². The molecule has 6 nitrogen and oxygen atoms in total. The van der Waals surface area contributed by atoms with Crippen molar-refractivity contribution in [1.29, 1.82) is 0 Å². The van der Waals surface area contributed by atoms with Gasteiger partial charge in [-0.2, -0.15) is 0 Å². The van der Waals surface area contributed by atoms with Gasteiger partial charge in [-0.05, 0) is 55.1 Å². The van der Waals surface area contributed by atoms with Crippen LogP contribution in [0.15, 0.2) is 34.9 Å². The number of carbonyl (C=O) groups is 2. The second kappa shape index (κ2) is 12.9. The highest BCUT2D eigenvalue weighted by Gasteiger charge is 2.33. The number of aromatic nitrogens is 1. The topological polar surface area (TPSA) is 92.4 Å². The number of carbonyl (C=O) groups excluding carboxylic acids is 1. The summed E-state index contributed by atoms with van der Waals surface area (Å²) < 4.78 is 5.80. The lowest BCUT2D eigenvalue weighted by molar-refractivity contribution is -0.136. The Kier molecular flexibility index (Phi) is 9.38. The second-order valence-electron chi connectivity index (χ2n) is 10.5. The van der Waals surface area contributed by atoms with Gasteiger partial charge in [0.1, 0.15) is 6.26 Å². The van der Waals surface area contributed by atoms with Crippen molar-refractivity contribution in [2.75, 3.05) is 6.54 Å². The molecule has 2 fully saturated rings. The first kappa shape index (κ1) is 25.5. The van der Waals surface area contributed by atoms with Crippen LogP contribution in [0, 0.1) is 11.8 Å². The first-order valence-corrected chi connectivity index (χ1v) is 13.6. The summed E-state index contributed by atoms with van der Waals surface area (Å²) in [5.41, 5.74) is 2.69. The minimum atomic E-state index is -0.770. The monoisotopic (exact) mass is 480 g/mol. The number of nitrogens with zero attached hydrogens (tertiary/aromatic N) is 1. The Bertz CT molecular complexity index is 963. The van der Waals surface area contributed by atoms with Crippen LogP contribution in [0.4, 0.5) is 0 Å². The Morgan fingerprint density at radius 1 is 1.00 bits per heavy atom. The predicted octanol–water partition coefficient (Wildman–Crippen LogP) is 6.30. The van der Waals surface area contributed by atoms with Crippen LogP contribution in [0.5, 0.6) is 0 Å². The van der Waals surface area contributed by atoms with Crippen LogP contribution in [0.1, 0.15) is 110 Å². The molecule has 2 N–H and O–H groups in total. The van der Waals surface area contributed by atoms with Gasteiger partial charge in [0.05, 0.1) is 0 Å². The first-order chi connectivity index (χ1) is 17.1. The molecule has 2 aliphatic rings. The Morgan fingerprint density at radius 3 is 2.60 bits per heavy atom. The summed E-state index contributed by atoms with van der Waals surface area (Å²) in [6.45, 7) is 0.687. The van der Waals surface area contributed by atoms with Crippen molar-refractivity contribution < 1.29 is 19.1 Å². The molecule has 6 heteroatoms. The molecule has 0 bridgehead atoms. The van der Waals surface area contributed by atoms with Crippen LogP contribution < -0.4 is 5.32 Å². The lowest BCUT2D eigenvalue weighted by Crippen LogP contribution is -2.25. The molecule has 1 aromatic heterocycles. The maximum absolute atomic E-state index is 12.6. The average Bonchev–Trinajstić information content (AvgIpc) is 3.53. The minimum Gasteiger partial charge on any atom is -0.481 e. The molecule has 190 valence electrons. The van der Waals surface area contributed by atoms with Gasteiger partial charge in [0.2, 0.25) is 0 Å². The molecule has 2 aromatic rings. The Morgan fingerprint density at radius 2 is 1.80 bits per heavy atom. The fourth-order valence-corrected chi connectivity index (χ4v) is 6.02. The van der Waals surface area contributed by atoms with E-state index in [1.807, 2.05) is 18.2 Å². The van der Waals surface area contributed by atoms with Gasteiger partial charge >= 0.3 is 5.97 Å². The number of aryl methyl sites for hydroxylation is 1. The van der Waals surface area contributed by atoms with Crippen molar-refractivity contribution in [2.45, 2.75) is 95.8 Å². The van der Waals surface area contributed by atoms with Crippen molar-refractivity contribution in [3.05, 3.63) is 53.2 Å². The van der Waals surface area contributed by atoms with Crippen molar-refractivity contribution in [3.8, 4) is 0 Å². The van der Waals surface area contributed by atoms with Gasteiger partial charge < -0.3 is 14.8 Å². The van der Waals surface area contributed by atoms with Gasteiger partial charge in [-0.3, -0.25) is 9.59 Å². The van der Waals surface area contributed by atoms with Gasteiger partial charge in [-0.25, -0.2) is 4.98 Å². The highest BCUT2D eigenvalue weighted by Crippen LogP contribution is 2.41. The number of aliphatic carboxylic acids is 1. The van der Waals surface area contributed by atoms with E-state index in [1.54, 1.807) is 0 Å². The van der Waals surface area contributed by atoms with Crippen molar-refractivity contribution in [2.24, 2.45) is 11.8 Å². The van der Waals surface area contributed by atoms with Crippen LogP contribution in [0.2, 0.25) is 0 Å². The summed E-state index contributed by atoms with van der Waals surface area (Å²) in [6.07, 6.45) is 16.7. The number of hydrogen-bond acceptors (Lipinski definition) is 4. The Balaban J connectivity index is 1.26. The lowest BCUT2D eigenvalue weighted by atomic mass is 9.86. The molecule has 4 rings (SSSR count). The molecule has 2 unspecified atom stereocenters. The first-order valence-electron chi connectivity index (χ1n) is 13.6. The maximum atomic E-state index is 12.6. The minimum absolute atomic E-state index is 0.143. The molecule has 1 aromatic carbocycles. The van der Waals surface area contributed by atoms with Gasteiger partial charge in [-0.15, -0.1) is 0 Å². The smallest absolute Gasteiger partial charge is 0.303 e. The highest BCUT2D eigenvalue weighted by atomic mass is 16.4. The fraction of sp³-hybridized carbons (Fsp3) is 0.621. The van der Waals surface area contributed by atoms with Gasteiger partial charge in [0.15, 0.2) is 11.6 Å². The zero-order valence-electron chi connectivity index (χ0n) is 20.8. The summed E-state index contributed by atoms with van der Waals surface area (Å²) in [6, 6.07) is 8.13. The molecule has 35 heavy (non-hydrogen) atoms. The standard InChI is InChI=1S/C29H40N2O4/c32-27(33)17-16-22-12-4-5-13-23(22)19-24-14-8-15-25(24)29-31-26(20-35-29)28(34)30-18-7-6-11-21-9-2-1-3-10-21/h4-5,12-13,20-21,24-25H,1-3,6-11,14-19H2,(H,30,34)(H,32,33). The van der Waals surface area contributed by atoms with Crippen molar-refractivity contribution in [3.63, 3.8) is 0 Å². The van der Waals surface area contributed by atoms with E-state index in [9.17, 15) is 9.59 Å². The number of nitrogens with one attached hydrogen (secondary N) is 1. The number of carboxylic acids is 1. The van der Waals surface area contributed by atoms with Crippen LogP contribution >= 0.6 is 0 Å². The largest absolute Gasteiger partial charge is 0.481 e. The number of hydrogen-bond donors (Lipinski definition) is 2. The molecular formula is C29H40N2O4. The number of rotatable bonds is 12. The number of amides is 1. The molecule has 2 atom stereocenters. The quantitative estimate of drug-likeness (QED) is 0.348. The summed E-state index contributed by atoms with van der Waals surface area (Å²) in [5.74, 6) is 1.22. The van der Waals surface area contributed by atoms with E-state index in [1.165, 1.54) is 56.8 Å². The third-order valence-corrected chi connectivity index (χ3v) is 7.99. The lowest BCUT2D eigenvalue weighted by Gasteiger charge is -2.21. The molecule has 0 aliphatic heterocycles. The van der Waals surface area contributed by atoms with Crippen LogP contribution in [-0.2, 0) is 17.6 Å². The molecular weight excluding hydrogens is 440 g/mol. The third kappa shape index (κ3) is 7.42. The normalized spacial score (nSPS) is 20.7. The summed E-state index contributed by atoms with van der Waals surface area (Å²) in [4.78, 5) is 28.2. The van der Waals surface area contributed by atoms with Crippen molar-refractivity contribution >= 4 is 11.9 Å². The van der Waals surface area contributed by atoms with E-state index in [-0.39, 0.29) is 18.2 Å². The molecule has 1 heterocycles. The van der Waals surface area contributed by atoms with E-state index < -0.39 is 5.97 Å². The third-order valence-electron chi connectivity index (χ3n) is 7.99. The van der Waals surface area contributed by atoms with E-state index in [4.69, 9.17) is 9.52 Å². The summed E-state index contributed by atoms with van der Waals surface area (Å²) in [5, 5.41) is 12.1. The predicted molar refractivity (Wildman–Crippen MR) is 135 cm³/mol. The fourth-order valence-electron chi connectivity index (χ4n) is 6.02. The highest BCUT2D eigenvalue weighted by molar-refractivity contribution is 5.91. The molecule has 2 aliphatic carbocycles. The molecule has 2 saturated carbocycles. The van der Waals surface area contributed by atoms with Gasteiger partial charge in [0, 0.05) is 18.9 Å². The molecule has 0 radical (unpaired) electrons. The van der Waals surface area contributed by atoms with Gasteiger partial charge in [0.25, 0.3) is 5.91 Å². The SMILES string of the molecule is O=C(O)CCc1ccccc1CC1CCCC1c1nc(C(=O)NCCCCC2CCCCC2)co1. The van der Waals surface area contributed by atoms with Crippen molar-refractivity contribution in [1.82, 2.24) is 10.3 Å². The molecule has 1 amide bonds. The van der Waals surface area contributed by atoms with E-state index in [0.717, 1.165) is 43.6 Å².